The lowest BCUT2D eigenvalue weighted by molar-refractivity contribution is -0.147. The van der Waals surface area contributed by atoms with Crippen LogP contribution in [0, 0.1) is 17.3 Å². The van der Waals surface area contributed by atoms with E-state index in [0.717, 1.165) is 12.0 Å². The summed E-state index contributed by atoms with van der Waals surface area (Å²) < 4.78 is 5.55. The summed E-state index contributed by atoms with van der Waals surface area (Å²) in [5, 5.41) is 0. The monoisotopic (exact) mass is 314 g/mol. The van der Waals surface area contributed by atoms with Gasteiger partial charge < -0.3 is 4.74 Å². The number of unbranched alkanes of at least 4 members (excludes halogenated alkanes) is 1. The fourth-order valence-corrected chi connectivity index (χ4v) is 3.23. The number of rotatable bonds is 7. The number of aryl methyl sites for hydroxylation is 1. The Morgan fingerprint density at radius 3 is 2.35 bits per heavy atom. The van der Waals surface area contributed by atoms with Crippen LogP contribution in [0.25, 0.3) is 0 Å². The van der Waals surface area contributed by atoms with Crippen molar-refractivity contribution in [1.82, 2.24) is 0 Å². The molecule has 2 rings (SSSR count). The standard InChI is InChI=1S/C21H30O2/c1-6-7-8-16-9-11-17(12-10-16)14-23-20(22)19-18(13-15(2)3)21(19,4)5/h9-13,18-19H,6-8,14H2,1-5H3/t18?,19-/m0/s1. The first kappa shape index (κ1) is 17.8. The summed E-state index contributed by atoms with van der Waals surface area (Å²) in [4.78, 5) is 12.3. The van der Waals surface area contributed by atoms with Crippen molar-refractivity contribution < 1.29 is 9.53 Å². The topological polar surface area (TPSA) is 26.3 Å². The third kappa shape index (κ3) is 4.46. The highest BCUT2D eigenvalue weighted by Gasteiger charge is 2.61. The molecule has 1 aliphatic rings. The molecule has 0 bridgehead atoms. The molecule has 0 heterocycles. The summed E-state index contributed by atoms with van der Waals surface area (Å²) in [5.74, 6) is 0.255. The maximum Gasteiger partial charge on any atom is 0.310 e. The Morgan fingerprint density at radius 2 is 1.78 bits per heavy atom. The molecule has 0 aliphatic heterocycles. The van der Waals surface area contributed by atoms with Crippen molar-refractivity contribution >= 4 is 5.97 Å². The average Bonchev–Trinajstić information content (AvgIpc) is 3.03. The lowest BCUT2D eigenvalue weighted by atomic mass is 10.1. The normalized spacial score (nSPS) is 21.6. The van der Waals surface area contributed by atoms with Crippen LogP contribution in [0.15, 0.2) is 35.9 Å². The zero-order chi connectivity index (χ0) is 17.0. The van der Waals surface area contributed by atoms with Gasteiger partial charge in [-0.25, -0.2) is 0 Å². The van der Waals surface area contributed by atoms with E-state index < -0.39 is 0 Å². The maximum absolute atomic E-state index is 12.3. The van der Waals surface area contributed by atoms with E-state index >= 15 is 0 Å². The molecular formula is C21H30O2. The molecule has 0 N–H and O–H groups in total. The molecule has 1 fully saturated rings. The largest absolute Gasteiger partial charge is 0.461 e. The van der Waals surface area contributed by atoms with Crippen molar-refractivity contribution in [3.8, 4) is 0 Å². The highest BCUT2D eigenvalue weighted by molar-refractivity contribution is 5.78. The number of hydrogen-bond donors (Lipinski definition) is 0. The van der Waals surface area contributed by atoms with Gasteiger partial charge in [-0.3, -0.25) is 4.79 Å². The summed E-state index contributed by atoms with van der Waals surface area (Å²) in [6, 6.07) is 8.44. The molecule has 0 spiro atoms. The lowest BCUT2D eigenvalue weighted by Gasteiger charge is -2.07. The Hall–Kier alpha value is -1.57. The molecular weight excluding hydrogens is 284 g/mol. The molecule has 23 heavy (non-hydrogen) atoms. The van der Waals surface area contributed by atoms with Crippen LogP contribution >= 0.6 is 0 Å². The van der Waals surface area contributed by atoms with Gasteiger partial charge in [-0.05, 0) is 49.1 Å². The minimum Gasteiger partial charge on any atom is -0.461 e. The van der Waals surface area contributed by atoms with E-state index in [1.165, 1.54) is 24.0 Å². The minimum absolute atomic E-state index is 0.00114. The Balaban J connectivity index is 1.86. The van der Waals surface area contributed by atoms with Crippen LogP contribution in [0.2, 0.25) is 0 Å². The van der Waals surface area contributed by atoms with Gasteiger partial charge in [0.1, 0.15) is 6.61 Å². The molecule has 1 saturated carbocycles. The number of ether oxygens (including phenoxy) is 1. The van der Waals surface area contributed by atoms with Crippen LogP contribution in [0.5, 0.6) is 0 Å². The van der Waals surface area contributed by atoms with Crippen molar-refractivity contribution in [2.45, 2.75) is 60.5 Å². The molecule has 1 aliphatic carbocycles. The Morgan fingerprint density at radius 1 is 1.17 bits per heavy atom. The number of carbonyl (C=O) groups excluding carboxylic acids is 1. The number of allylic oxidation sites excluding steroid dienone is 2. The van der Waals surface area contributed by atoms with E-state index in [1.54, 1.807) is 0 Å². The van der Waals surface area contributed by atoms with Crippen LogP contribution in [-0.4, -0.2) is 5.97 Å². The first-order chi connectivity index (χ1) is 10.9. The van der Waals surface area contributed by atoms with Crippen LogP contribution in [0.1, 0.15) is 58.6 Å². The third-order valence-electron chi connectivity index (χ3n) is 4.90. The van der Waals surface area contributed by atoms with Gasteiger partial charge in [0, 0.05) is 0 Å². The predicted molar refractivity (Wildman–Crippen MR) is 95.0 cm³/mol. The number of carbonyl (C=O) groups is 1. The van der Waals surface area contributed by atoms with Crippen molar-refractivity contribution in [3.05, 3.63) is 47.0 Å². The van der Waals surface area contributed by atoms with Crippen molar-refractivity contribution in [2.75, 3.05) is 0 Å². The fraction of sp³-hybridized carbons (Fsp3) is 0.571. The lowest BCUT2D eigenvalue weighted by Crippen LogP contribution is -2.10. The molecule has 1 aromatic carbocycles. The molecule has 2 nitrogen and oxygen atoms in total. The zero-order valence-corrected chi connectivity index (χ0v) is 15.2. The Kier molecular flexibility index (Phi) is 5.67. The molecule has 2 atom stereocenters. The number of hydrogen-bond acceptors (Lipinski definition) is 2. The van der Waals surface area contributed by atoms with Gasteiger partial charge in [-0.2, -0.15) is 0 Å². The van der Waals surface area contributed by atoms with Crippen LogP contribution in [-0.2, 0) is 22.6 Å². The molecule has 0 radical (unpaired) electrons. The fourth-order valence-electron chi connectivity index (χ4n) is 3.23. The SMILES string of the molecule is CCCCc1ccc(COC(=O)[C@@H]2C(C=C(C)C)C2(C)C)cc1. The first-order valence-electron chi connectivity index (χ1n) is 8.75. The smallest absolute Gasteiger partial charge is 0.310 e. The second kappa shape index (κ2) is 7.33. The third-order valence-corrected chi connectivity index (χ3v) is 4.90. The summed E-state index contributed by atoms with van der Waals surface area (Å²) in [6.45, 7) is 11.0. The van der Waals surface area contributed by atoms with Gasteiger partial charge in [-0.15, -0.1) is 0 Å². The van der Waals surface area contributed by atoms with Gasteiger partial charge in [0.2, 0.25) is 0 Å². The van der Waals surface area contributed by atoms with Crippen molar-refractivity contribution in [2.24, 2.45) is 17.3 Å². The Labute approximate surface area is 140 Å². The Bertz CT molecular complexity index is 562. The summed E-state index contributed by atoms with van der Waals surface area (Å²) in [7, 11) is 0. The molecule has 1 unspecified atom stereocenters. The second-order valence-corrected chi connectivity index (χ2v) is 7.60. The molecule has 126 valence electrons. The molecule has 0 aromatic heterocycles. The van der Waals surface area contributed by atoms with Gasteiger partial charge >= 0.3 is 5.97 Å². The maximum atomic E-state index is 12.3. The van der Waals surface area contributed by atoms with Crippen molar-refractivity contribution in [1.29, 1.82) is 0 Å². The van der Waals surface area contributed by atoms with E-state index in [0.29, 0.717) is 12.5 Å². The first-order valence-corrected chi connectivity index (χ1v) is 8.75. The van der Waals surface area contributed by atoms with Gasteiger partial charge in [0.15, 0.2) is 0 Å². The predicted octanol–water partition coefficient (Wildman–Crippen LogP) is 5.31. The van der Waals surface area contributed by atoms with E-state index in [9.17, 15) is 4.79 Å². The number of benzene rings is 1. The van der Waals surface area contributed by atoms with E-state index in [2.05, 4.69) is 65.0 Å². The molecule has 2 heteroatoms. The highest BCUT2D eigenvalue weighted by Crippen LogP contribution is 2.59. The van der Waals surface area contributed by atoms with Crippen molar-refractivity contribution in [3.63, 3.8) is 0 Å². The number of esters is 1. The van der Waals surface area contributed by atoms with Crippen LogP contribution < -0.4 is 0 Å². The summed E-state index contributed by atoms with van der Waals surface area (Å²) >= 11 is 0. The van der Waals surface area contributed by atoms with Gasteiger partial charge in [0.25, 0.3) is 0 Å². The van der Waals surface area contributed by atoms with E-state index in [1.807, 2.05) is 0 Å². The average molecular weight is 314 g/mol. The van der Waals surface area contributed by atoms with Gasteiger partial charge in [0.05, 0.1) is 5.92 Å². The summed E-state index contributed by atoms with van der Waals surface area (Å²) in [5.41, 5.74) is 3.71. The summed E-state index contributed by atoms with van der Waals surface area (Å²) in [6.07, 6.45) is 5.76. The van der Waals surface area contributed by atoms with E-state index in [4.69, 9.17) is 4.74 Å². The zero-order valence-electron chi connectivity index (χ0n) is 15.2. The molecule has 1 aromatic rings. The van der Waals surface area contributed by atoms with E-state index in [-0.39, 0.29) is 17.3 Å². The minimum atomic E-state index is -0.0624. The molecule has 0 saturated heterocycles. The molecule has 0 amide bonds. The highest BCUT2D eigenvalue weighted by atomic mass is 16.5. The van der Waals surface area contributed by atoms with Gasteiger partial charge in [-0.1, -0.05) is 63.1 Å². The second-order valence-electron chi connectivity index (χ2n) is 7.60. The van der Waals surface area contributed by atoms with Crippen LogP contribution in [0.4, 0.5) is 0 Å². The quantitative estimate of drug-likeness (QED) is 0.503. The van der Waals surface area contributed by atoms with Crippen LogP contribution in [0.3, 0.4) is 0 Å².